The van der Waals surface area contributed by atoms with Crippen LogP contribution >= 0.6 is 10.6 Å². The summed E-state index contributed by atoms with van der Waals surface area (Å²) in [6, 6.07) is 20.5. The van der Waals surface area contributed by atoms with Crippen LogP contribution in [0.4, 0.5) is 0 Å². The zero-order chi connectivity index (χ0) is 15.3. The van der Waals surface area contributed by atoms with Gasteiger partial charge in [0.1, 0.15) is 0 Å². The zero-order valence-electron chi connectivity index (χ0n) is 13.2. The molecule has 0 amide bonds. The van der Waals surface area contributed by atoms with Crippen LogP contribution in [-0.4, -0.2) is 12.2 Å². The molecule has 0 fully saturated rings. The minimum atomic E-state index is -1.96. The highest BCUT2D eigenvalue weighted by Gasteiger charge is 2.31. The fourth-order valence-electron chi connectivity index (χ4n) is 2.11. The first-order valence-corrected chi connectivity index (χ1v) is 8.75. The molecule has 2 rings (SSSR count). The van der Waals surface area contributed by atoms with Crippen molar-refractivity contribution in [1.82, 2.24) is 0 Å². The van der Waals surface area contributed by atoms with E-state index in [0.29, 0.717) is 6.61 Å². The summed E-state index contributed by atoms with van der Waals surface area (Å²) in [6.07, 6.45) is 0. The lowest BCUT2D eigenvalue weighted by Gasteiger charge is -2.47. The molecule has 0 unspecified atom stereocenters. The van der Waals surface area contributed by atoms with Crippen LogP contribution in [0, 0.1) is 0 Å². The third-order valence-corrected chi connectivity index (χ3v) is 5.85. The number of hydrogen-bond acceptors (Lipinski definition) is 2. The van der Waals surface area contributed by atoms with Crippen molar-refractivity contribution in [3.05, 3.63) is 60.7 Å². The highest BCUT2D eigenvalue weighted by molar-refractivity contribution is 8.26. The standard InChI is InChI=1S/C18H24O2S/c1-5-19-21(20-18(2,3)4,16-12-8-6-9-13-16)17-14-10-7-11-15-17/h6-15H,5H2,1-4H3. The summed E-state index contributed by atoms with van der Waals surface area (Å²) in [5.74, 6) is 0. The van der Waals surface area contributed by atoms with Gasteiger partial charge in [-0.05, 0) is 52.0 Å². The molecule has 0 aromatic heterocycles. The smallest absolute Gasteiger partial charge is 0.0853 e. The van der Waals surface area contributed by atoms with Crippen molar-refractivity contribution in [1.29, 1.82) is 0 Å². The molecule has 114 valence electrons. The summed E-state index contributed by atoms with van der Waals surface area (Å²) < 4.78 is 12.7. The quantitative estimate of drug-likeness (QED) is 0.716. The summed E-state index contributed by atoms with van der Waals surface area (Å²) in [5, 5.41) is 0. The molecule has 0 radical (unpaired) electrons. The largest absolute Gasteiger partial charge is 0.275 e. The van der Waals surface area contributed by atoms with Crippen LogP contribution < -0.4 is 0 Å². The summed E-state index contributed by atoms with van der Waals surface area (Å²) in [4.78, 5) is 2.18. The summed E-state index contributed by atoms with van der Waals surface area (Å²) in [7, 11) is -1.96. The van der Waals surface area contributed by atoms with Gasteiger partial charge < -0.3 is 0 Å². The van der Waals surface area contributed by atoms with Crippen LogP contribution in [0.3, 0.4) is 0 Å². The maximum absolute atomic E-state index is 6.50. The molecule has 0 aliphatic rings. The molecule has 0 N–H and O–H groups in total. The Bertz CT molecular complexity index is 507. The Morgan fingerprint density at radius 2 is 1.24 bits per heavy atom. The van der Waals surface area contributed by atoms with E-state index in [9.17, 15) is 0 Å². The highest BCUT2D eigenvalue weighted by atomic mass is 32.3. The van der Waals surface area contributed by atoms with E-state index >= 15 is 0 Å². The van der Waals surface area contributed by atoms with Gasteiger partial charge in [0.15, 0.2) is 0 Å². The van der Waals surface area contributed by atoms with E-state index < -0.39 is 10.6 Å². The van der Waals surface area contributed by atoms with Gasteiger partial charge in [0, 0.05) is 0 Å². The van der Waals surface area contributed by atoms with E-state index in [0.717, 1.165) is 9.79 Å². The van der Waals surface area contributed by atoms with Crippen LogP contribution in [0.5, 0.6) is 0 Å². The molecule has 3 heteroatoms. The van der Waals surface area contributed by atoms with E-state index in [4.69, 9.17) is 8.37 Å². The molecule has 21 heavy (non-hydrogen) atoms. The van der Waals surface area contributed by atoms with Gasteiger partial charge in [0.05, 0.1) is 22.0 Å². The van der Waals surface area contributed by atoms with E-state index in [-0.39, 0.29) is 5.60 Å². The second kappa shape index (κ2) is 6.65. The van der Waals surface area contributed by atoms with E-state index in [1.807, 2.05) is 43.3 Å². The van der Waals surface area contributed by atoms with Crippen molar-refractivity contribution in [2.45, 2.75) is 43.1 Å². The van der Waals surface area contributed by atoms with Gasteiger partial charge in [-0.15, -0.1) is 10.6 Å². The first-order valence-electron chi connectivity index (χ1n) is 7.26. The first kappa shape index (κ1) is 16.1. The lowest BCUT2D eigenvalue weighted by atomic mass is 10.2. The molecule has 2 aromatic carbocycles. The molecule has 0 aliphatic carbocycles. The SMILES string of the molecule is CCOS(OC(C)(C)C)(c1ccccc1)c1ccccc1. The number of hydrogen-bond donors (Lipinski definition) is 0. The fraction of sp³-hybridized carbons (Fsp3) is 0.333. The second-order valence-electron chi connectivity index (χ2n) is 5.73. The number of rotatable bonds is 5. The molecule has 0 bridgehead atoms. The number of benzene rings is 2. The normalized spacial score (nSPS) is 13.1. The van der Waals surface area contributed by atoms with Crippen LogP contribution in [0.2, 0.25) is 0 Å². The van der Waals surface area contributed by atoms with Gasteiger partial charge in [-0.1, -0.05) is 36.4 Å². The van der Waals surface area contributed by atoms with Crippen molar-refractivity contribution >= 4 is 10.6 Å². The minimum absolute atomic E-state index is 0.295. The van der Waals surface area contributed by atoms with E-state index in [2.05, 4.69) is 45.0 Å². The van der Waals surface area contributed by atoms with Gasteiger partial charge in [-0.25, -0.2) is 0 Å². The minimum Gasteiger partial charge on any atom is -0.275 e. The van der Waals surface area contributed by atoms with E-state index in [1.54, 1.807) is 0 Å². The van der Waals surface area contributed by atoms with Crippen LogP contribution in [0.25, 0.3) is 0 Å². The molecule has 0 aliphatic heterocycles. The van der Waals surface area contributed by atoms with Crippen LogP contribution in [0.1, 0.15) is 27.7 Å². The monoisotopic (exact) mass is 304 g/mol. The summed E-state index contributed by atoms with van der Waals surface area (Å²) in [5.41, 5.74) is -0.295. The average molecular weight is 304 g/mol. The van der Waals surface area contributed by atoms with Crippen molar-refractivity contribution in [2.24, 2.45) is 0 Å². The maximum Gasteiger partial charge on any atom is 0.0853 e. The molecule has 2 aromatic rings. The third kappa shape index (κ3) is 3.88. The molecule has 2 nitrogen and oxygen atoms in total. The lowest BCUT2D eigenvalue weighted by Crippen LogP contribution is -2.24. The lowest BCUT2D eigenvalue weighted by molar-refractivity contribution is 0.125. The van der Waals surface area contributed by atoms with Gasteiger partial charge in [-0.3, -0.25) is 8.37 Å². The zero-order valence-corrected chi connectivity index (χ0v) is 14.0. The Morgan fingerprint density at radius 3 is 1.57 bits per heavy atom. The second-order valence-corrected chi connectivity index (χ2v) is 8.08. The molecule has 0 saturated carbocycles. The van der Waals surface area contributed by atoms with E-state index in [1.165, 1.54) is 0 Å². The Kier molecular flexibility index (Phi) is 5.09. The van der Waals surface area contributed by atoms with Crippen molar-refractivity contribution in [3.8, 4) is 0 Å². The van der Waals surface area contributed by atoms with Gasteiger partial charge >= 0.3 is 0 Å². The van der Waals surface area contributed by atoms with Crippen molar-refractivity contribution in [3.63, 3.8) is 0 Å². The van der Waals surface area contributed by atoms with Crippen molar-refractivity contribution < 1.29 is 8.37 Å². The van der Waals surface area contributed by atoms with Gasteiger partial charge in [0.2, 0.25) is 0 Å². The molecule has 0 heterocycles. The predicted octanol–water partition coefficient (Wildman–Crippen LogP) is 5.59. The molecule has 0 spiro atoms. The summed E-state index contributed by atoms with van der Waals surface area (Å²) in [6.45, 7) is 8.83. The highest BCUT2D eigenvalue weighted by Crippen LogP contribution is 2.65. The third-order valence-electron chi connectivity index (χ3n) is 2.76. The van der Waals surface area contributed by atoms with Gasteiger partial charge in [0.25, 0.3) is 0 Å². The topological polar surface area (TPSA) is 18.5 Å². The van der Waals surface area contributed by atoms with Crippen LogP contribution in [-0.2, 0) is 8.37 Å². The first-order chi connectivity index (χ1) is 9.98. The Morgan fingerprint density at radius 1 is 0.810 bits per heavy atom. The average Bonchev–Trinajstić information content (AvgIpc) is 2.47. The predicted molar refractivity (Wildman–Crippen MR) is 89.5 cm³/mol. The molecular formula is C18H24O2S. The Hall–Kier alpha value is -1.29. The Balaban J connectivity index is 2.60. The summed E-state index contributed by atoms with van der Waals surface area (Å²) >= 11 is 0. The maximum atomic E-state index is 6.50. The van der Waals surface area contributed by atoms with Crippen molar-refractivity contribution in [2.75, 3.05) is 6.61 Å². The Labute approximate surface area is 129 Å². The van der Waals surface area contributed by atoms with Gasteiger partial charge in [-0.2, -0.15) is 0 Å². The molecular weight excluding hydrogens is 280 g/mol. The van der Waals surface area contributed by atoms with Crippen LogP contribution in [0.15, 0.2) is 70.5 Å². The molecule has 0 atom stereocenters. The molecule has 0 saturated heterocycles. The fourth-order valence-corrected chi connectivity index (χ4v) is 4.96.